The summed E-state index contributed by atoms with van der Waals surface area (Å²) in [5.41, 5.74) is -0.0833. The molecule has 3 nitrogen and oxygen atoms in total. The molecule has 1 aliphatic heterocycles. The third kappa shape index (κ3) is 0.692. The van der Waals surface area contributed by atoms with E-state index in [4.69, 9.17) is 4.74 Å². The summed E-state index contributed by atoms with van der Waals surface area (Å²) in [7, 11) is 0. The van der Waals surface area contributed by atoms with Crippen molar-refractivity contribution in [2.24, 2.45) is 11.8 Å². The van der Waals surface area contributed by atoms with Crippen LogP contribution in [0.2, 0.25) is 0 Å². The Hall–Kier alpha value is -0.730. The zero-order valence-electron chi connectivity index (χ0n) is 7.01. The van der Waals surface area contributed by atoms with Gasteiger partial charge in [0, 0.05) is 5.92 Å². The molecule has 3 atom stereocenters. The van der Waals surface area contributed by atoms with Gasteiger partial charge in [-0.3, -0.25) is 0 Å². The maximum Gasteiger partial charge on any atom is 0.407 e. The fourth-order valence-corrected chi connectivity index (χ4v) is 3.21. The molecule has 1 saturated heterocycles. The van der Waals surface area contributed by atoms with E-state index in [-0.39, 0.29) is 11.7 Å². The van der Waals surface area contributed by atoms with Gasteiger partial charge in [0.1, 0.15) is 5.60 Å². The Morgan fingerprint density at radius 2 is 2.42 bits per heavy atom. The SMILES string of the molecule is O=C1NCC2(CC3CCC2C3)O1. The van der Waals surface area contributed by atoms with Crippen LogP contribution < -0.4 is 5.32 Å². The van der Waals surface area contributed by atoms with Crippen LogP contribution in [0.3, 0.4) is 0 Å². The Bertz CT molecular complexity index is 241. The molecule has 0 aromatic carbocycles. The van der Waals surface area contributed by atoms with Gasteiger partial charge in [0.15, 0.2) is 0 Å². The van der Waals surface area contributed by atoms with Crippen LogP contribution in [0.5, 0.6) is 0 Å². The molecule has 2 bridgehead atoms. The number of carbonyl (C=O) groups excluding carboxylic acids is 1. The number of hydrogen-bond acceptors (Lipinski definition) is 2. The van der Waals surface area contributed by atoms with Crippen molar-refractivity contribution in [3.8, 4) is 0 Å². The summed E-state index contributed by atoms with van der Waals surface area (Å²) in [6, 6.07) is 0. The van der Waals surface area contributed by atoms with Gasteiger partial charge in [-0.05, 0) is 31.6 Å². The lowest BCUT2D eigenvalue weighted by atomic mass is 9.84. The molecule has 2 saturated carbocycles. The van der Waals surface area contributed by atoms with Gasteiger partial charge in [-0.25, -0.2) is 4.79 Å². The Morgan fingerprint density at radius 1 is 1.50 bits per heavy atom. The molecule has 3 fully saturated rings. The predicted octanol–water partition coefficient (Wildman–Crippen LogP) is 1.28. The molecule has 12 heavy (non-hydrogen) atoms. The maximum absolute atomic E-state index is 10.9. The average Bonchev–Trinajstić information content (AvgIpc) is 2.67. The molecule has 1 N–H and O–H groups in total. The lowest BCUT2D eigenvalue weighted by Gasteiger charge is -2.30. The van der Waals surface area contributed by atoms with Crippen LogP contribution in [0.1, 0.15) is 25.7 Å². The third-order valence-corrected chi connectivity index (χ3v) is 3.75. The third-order valence-electron chi connectivity index (χ3n) is 3.75. The Labute approximate surface area is 71.5 Å². The summed E-state index contributed by atoms with van der Waals surface area (Å²) in [6.45, 7) is 0.757. The minimum absolute atomic E-state index is 0.0833. The zero-order valence-corrected chi connectivity index (χ0v) is 7.01. The van der Waals surface area contributed by atoms with Gasteiger partial charge < -0.3 is 10.1 Å². The van der Waals surface area contributed by atoms with Crippen molar-refractivity contribution in [1.82, 2.24) is 5.32 Å². The molecule has 1 spiro atoms. The molecule has 0 aromatic rings. The fourth-order valence-electron chi connectivity index (χ4n) is 3.21. The number of hydrogen-bond donors (Lipinski definition) is 1. The van der Waals surface area contributed by atoms with E-state index in [0.717, 1.165) is 18.9 Å². The molecule has 3 rings (SSSR count). The number of ether oxygens (including phenoxy) is 1. The highest BCUT2D eigenvalue weighted by molar-refractivity contribution is 5.70. The first-order valence-corrected chi connectivity index (χ1v) is 4.75. The highest BCUT2D eigenvalue weighted by atomic mass is 16.6. The first kappa shape index (κ1) is 6.75. The van der Waals surface area contributed by atoms with Crippen LogP contribution >= 0.6 is 0 Å². The smallest absolute Gasteiger partial charge is 0.407 e. The fraction of sp³-hybridized carbons (Fsp3) is 0.889. The molecule has 0 aromatic heterocycles. The van der Waals surface area contributed by atoms with Crippen molar-refractivity contribution in [3.63, 3.8) is 0 Å². The van der Waals surface area contributed by atoms with Crippen LogP contribution in [0, 0.1) is 11.8 Å². The Kier molecular flexibility index (Phi) is 1.10. The standard InChI is InChI=1S/C9H13NO2/c11-8-10-5-9(12-8)4-6-1-2-7(9)3-6/h6-7H,1-5H2,(H,10,11). The molecule has 1 amide bonds. The number of fused-ring (bicyclic) bond motifs is 3. The topological polar surface area (TPSA) is 38.3 Å². The van der Waals surface area contributed by atoms with Crippen molar-refractivity contribution in [2.45, 2.75) is 31.3 Å². The van der Waals surface area contributed by atoms with Crippen LogP contribution in [0.15, 0.2) is 0 Å². The lowest BCUT2D eigenvalue weighted by Crippen LogP contribution is -2.38. The summed E-state index contributed by atoms with van der Waals surface area (Å²) in [4.78, 5) is 10.9. The Morgan fingerprint density at radius 3 is 2.92 bits per heavy atom. The van der Waals surface area contributed by atoms with E-state index in [9.17, 15) is 4.79 Å². The minimum Gasteiger partial charge on any atom is -0.441 e. The summed E-state index contributed by atoms with van der Waals surface area (Å²) >= 11 is 0. The number of rotatable bonds is 0. The summed E-state index contributed by atoms with van der Waals surface area (Å²) in [6.07, 6.45) is 4.80. The second-order valence-corrected chi connectivity index (χ2v) is 4.39. The number of carbonyl (C=O) groups is 1. The normalized spacial score (nSPS) is 49.8. The number of amides is 1. The highest BCUT2D eigenvalue weighted by Crippen LogP contribution is 2.53. The highest BCUT2D eigenvalue weighted by Gasteiger charge is 2.56. The molecule has 2 aliphatic carbocycles. The van der Waals surface area contributed by atoms with E-state index >= 15 is 0 Å². The van der Waals surface area contributed by atoms with E-state index in [1.807, 2.05) is 0 Å². The summed E-state index contributed by atoms with van der Waals surface area (Å²) < 4.78 is 5.39. The van der Waals surface area contributed by atoms with Gasteiger partial charge in [-0.15, -0.1) is 0 Å². The lowest BCUT2D eigenvalue weighted by molar-refractivity contribution is 0.0111. The van der Waals surface area contributed by atoms with E-state index in [2.05, 4.69) is 5.32 Å². The first-order chi connectivity index (χ1) is 5.78. The quantitative estimate of drug-likeness (QED) is 0.590. The molecular formula is C9H13NO2. The van der Waals surface area contributed by atoms with Crippen LogP contribution in [0.4, 0.5) is 4.79 Å². The van der Waals surface area contributed by atoms with Crippen LogP contribution in [-0.2, 0) is 4.74 Å². The largest absolute Gasteiger partial charge is 0.441 e. The molecule has 3 unspecified atom stereocenters. The second kappa shape index (κ2) is 1.95. The maximum atomic E-state index is 10.9. The van der Waals surface area contributed by atoms with Crippen molar-refractivity contribution < 1.29 is 9.53 Å². The number of alkyl carbamates (subject to hydrolysis) is 1. The van der Waals surface area contributed by atoms with Crippen molar-refractivity contribution in [3.05, 3.63) is 0 Å². The molecular weight excluding hydrogens is 154 g/mol. The van der Waals surface area contributed by atoms with E-state index in [1.165, 1.54) is 19.3 Å². The van der Waals surface area contributed by atoms with Gasteiger partial charge in [0.05, 0.1) is 6.54 Å². The zero-order chi connectivity index (χ0) is 8.18. The average molecular weight is 167 g/mol. The van der Waals surface area contributed by atoms with Crippen molar-refractivity contribution in [1.29, 1.82) is 0 Å². The van der Waals surface area contributed by atoms with Gasteiger partial charge in [-0.1, -0.05) is 0 Å². The summed E-state index contributed by atoms with van der Waals surface area (Å²) in [5.74, 6) is 1.49. The Balaban J connectivity index is 1.88. The molecule has 3 aliphatic rings. The molecule has 1 heterocycles. The molecule has 66 valence electrons. The van der Waals surface area contributed by atoms with E-state index in [0.29, 0.717) is 5.92 Å². The van der Waals surface area contributed by atoms with Crippen LogP contribution in [-0.4, -0.2) is 18.2 Å². The van der Waals surface area contributed by atoms with Gasteiger partial charge in [0.25, 0.3) is 0 Å². The molecule has 3 heteroatoms. The summed E-state index contributed by atoms with van der Waals surface area (Å²) in [5, 5.41) is 2.78. The van der Waals surface area contributed by atoms with E-state index in [1.54, 1.807) is 0 Å². The monoisotopic (exact) mass is 167 g/mol. The van der Waals surface area contributed by atoms with Gasteiger partial charge >= 0.3 is 6.09 Å². The van der Waals surface area contributed by atoms with Gasteiger partial charge in [-0.2, -0.15) is 0 Å². The minimum atomic E-state index is -0.206. The van der Waals surface area contributed by atoms with Gasteiger partial charge in [0.2, 0.25) is 0 Å². The number of nitrogens with one attached hydrogen (secondary N) is 1. The predicted molar refractivity (Wildman–Crippen MR) is 42.7 cm³/mol. The van der Waals surface area contributed by atoms with Crippen LogP contribution in [0.25, 0.3) is 0 Å². The van der Waals surface area contributed by atoms with Crippen molar-refractivity contribution >= 4 is 6.09 Å². The van der Waals surface area contributed by atoms with Crippen molar-refractivity contribution in [2.75, 3.05) is 6.54 Å². The van der Waals surface area contributed by atoms with E-state index < -0.39 is 0 Å². The molecule has 0 radical (unpaired) electrons. The second-order valence-electron chi connectivity index (χ2n) is 4.39. The first-order valence-electron chi connectivity index (χ1n) is 4.75.